The molecule has 0 aliphatic heterocycles. The Morgan fingerprint density at radius 2 is 1.49 bits per heavy atom. The van der Waals surface area contributed by atoms with Crippen molar-refractivity contribution in [1.82, 2.24) is 10.2 Å². The molecule has 1 fully saturated rings. The zero-order valence-corrected chi connectivity index (χ0v) is 21.3. The van der Waals surface area contributed by atoms with Crippen molar-refractivity contribution >= 4 is 27.7 Å². The molecule has 1 atom stereocenters. The van der Waals surface area contributed by atoms with Crippen LogP contribution in [0.3, 0.4) is 0 Å². The standard InChI is InChI=1S/C29H31BrN2O3/c30-24-15-17-26(18-16-24)35-21-28(33)32(20-23-11-5-2-6-12-23)27(19-22-9-3-1-4-10-22)29(34)31-25-13-7-8-14-25/h1-6,9-12,15-18,25,27H,7-8,13-14,19-21H2,(H,31,34)/t27-/m0/s1. The molecule has 5 nitrogen and oxygen atoms in total. The summed E-state index contributed by atoms with van der Waals surface area (Å²) in [5, 5.41) is 3.22. The van der Waals surface area contributed by atoms with Crippen LogP contribution in [0.2, 0.25) is 0 Å². The van der Waals surface area contributed by atoms with E-state index in [1.807, 2.05) is 84.9 Å². The van der Waals surface area contributed by atoms with E-state index in [0.29, 0.717) is 18.7 Å². The average Bonchev–Trinajstić information content (AvgIpc) is 3.40. The van der Waals surface area contributed by atoms with Gasteiger partial charge in [0.2, 0.25) is 5.91 Å². The summed E-state index contributed by atoms with van der Waals surface area (Å²) in [5.74, 6) is 0.282. The minimum Gasteiger partial charge on any atom is -0.484 e. The minimum atomic E-state index is -0.640. The molecule has 2 amide bonds. The molecule has 182 valence electrons. The van der Waals surface area contributed by atoms with E-state index < -0.39 is 6.04 Å². The van der Waals surface area contributed by atoms with Crippen LogP contribution in [-0.2, 0) is 22.6 Å². The number of carbonyl (C=O) groups excluding carboxylic acids is 2. The zero-order valence-electron chi connectivity index (χ0n) is 19.7. The predicted molar refractivity (Wildman–Crippen MR) is 141 cm³/mol. The topological polar surface area (TPSA) is 58.6 Å². The second kappa shape index (κ2) is 12.5. The molecule has 3 aromatic rings. The maximum atomic E-state index is 13.6. The summed E-state index contributed by atoms with van der Waals surface area (Å²) in [4.78, 5) is 28.8. The fraction of sp³-hybridized carbons (Fsp3) is 0.310. The summed E-state index contributed by atoms with van der Waals surface area (Å²) in [6.07, 6.45) is 4.67. The van der Waals surface area contributed by atoms with Crippen LogP contribution in [0.1, 0.15) is 36.8 Å². The molecule has 0 aromatic heterocycles. The van der Waals surface area contributed by atoms with E-state index in [0.717, 1.165) is 41.3 Å². The average molecular weight is 535 g/mol. The third-order valence-corrected chi connectivity index (χ3v) is 6.87. The molecule has 0 saturated heterocycles. The number of ether oxygens (including phenoxy) is 1. The number of hydrogen-bond acceptors (Lipinski definition) is 3. The highest BCUT2D eigenvalue weighted by atomic mass is 79.9. The second-order valence-corrected chi connectivity index (χ2v) is 9.86. The lowest BCUT2D eigenvalue weighted by Gasteiger charge is -2.32. The summed E-state index contributed by atoms with van der Waals surface area (Å²) < 4.78 is 6.75. The van der Waals surface area contributed by atoms with Crippen molar-refractivity contribution in [3.8, 4) is 5.75 Å². The normalized spacial score (nSPS) is 14.3. The van der Waals surface area contributed by atoms with Gasteiger partial charge in [0.25, 0.3) is 5.91 Å². The summed E-state index contributed by atoms with van der Waals surface area (Å²) in [5.41, 5.74) is 1.98. The van der Waals surface area contributed by atoms with E-state index in [4.69, 9.17) is 4.74 Å². The Balaban J connectivity index is 1.58. The number of halogens is 1. The van der Waals surface area contributed by atoms with Gasteiger partial charge in [0, 0.05) is 23.5 Å². The Morgan fingerprint density at radius 3 is 2.11 bits per heavy atom. The van der Waals surface area contributed by atoms with Crippen LogP contribution in [0.25, 0.3) is 0 Å². The molecule has 4 rings (SSSR count). The van der Waals surface area contributed by atoms with E-state index >= 15 is 0 Å². The quantitative estimate of drug-likeness (QED) is 0.372. The lowest BCUT2D eigenvalue weighted by atomic mass is 10.0. The monoisotopic (exact) mass is 534 g/mol. The van der Waals surface area contributed by atoms with E-state index in [-0.39, 0.29) is 24.5 Å². The largest absolute Gasteiger partial charge is 0.484 e. The number of nitrogens with one attached hydrogen (secondary N) is 1. The van der Waals surface area contributed by atoms with E-state index in [2.05, 4.69) is 21.2 Å². The number of carbonyl (C=O) groups is 2. The Hall–Kier alpha value is -3.12. The van der Waals surface area contributed by atoms with Crippen molar-refractivity contribution in [2.24, 2.45) is 0 Å². The first-order chi connectivity index (χ1) is 17.1. The highest BCUT2D eigenvalue weighted by Crippen LogP contribution is 2.21. The molecule has 1 aliphatic carbocycles. The van der Waals surface area contributed by atoms with Crippen LogP contribution in [-0.4, -0.2) is 35.4 Å². The third-order valence-electron chi connectivity index (χ3n) is 6.34. The molecule has 1 saturated carbocycles. The molecule has 1 N–H and O–H groups in total. The maximum absolute atomic E-state index is 13.6. The molecule has 1 aliphatic rings. The summed E-state index contributed by atoms with van der Waals surface area (Å²) in [6, 6.07) is 26.6. The molecule has 0 radical (unpaired) electrons. The number of nitrogens with zero attached hydrogens (tertiary/aromatic N) is 1. The van der Waals surface area contributed by atoms with Crippen LogP contribution >= 0.6 is 15.9 Å². The predicted octanol–water partition coefficient (Wildman–Crippen LogP) is 5.53. The SMILES string of the molecule is O=C(NC1CCCC1)[C@H](Cc1ccccc1)N(Cc1ccccc1)C(=O)COc1ccc(Br)cc1. The third kappa shape index (κ3) is 7.43. The Morgan fingerprint density at radius 1 is 0.886 bits per heavy atom. The molecular weight excluding hydrogens is 504 g/mol. The van der Waals surface area contributed by atoms with Gasteiger partial charge < -0.3 is 15.0 Å². The lowest BCUT2D eigenvalue weighted by Crippen LogP contribution is -2.53. The first-order valence-electron chi connectivity index (χ1n) is 12.1. The lowest BCUT2D eigenvalue weighted by molar-refractivity contribution is -0.143. The Kier molecular flexibility index (Phi) is 8.96. The van der Waals surface area contributed by atoms with Crippen LogP contribution in [0.4, 0.5) is 0 Å². The van der Waals surface area contributed by atoms with Gasteiger partial charge in [-0.25, -0.2) is 0 Å². The van der Waals surface area contributed by atoms with Gasteiger partial charge in [-0.1, -0.05) is 89.4 Å². The van der Waals surface area contributed by atoms with E-state index in [1.54, 1.807) is 4.90 Å². The van der Waals surface area contributed by atoms with Gasteiger partial charge in [0.1, 0.15) is 11.8 Å². The van der Waals surface area contributed by atoms with Gasteiger partial charge in [0.15, 0.2) is 6.61 Å². The molecule has 0 bridgehead atoms. The van der Waals surface area contributed by atoms with Gasteiger partial charge >= 0.3 is 0 Å². The molecule has 0 heterocycles. The van der Waals surface area contributed by atoms with Crippen LogP contribution in [0.15, 0.2) is 89.4 Å². The fourth-order valence-electron chi connectivity index (χ4n) is 4.46. The van der Waals surface area contributed by atoms with Gasteiger partial charge in [-0.2, -0.15) is 0 Å². The number of hydrogen-bond donors (Lipinski definition) is 1. The first kappa shape index (κ1) is 25.0. The van der Waals surface area contributed by atoms with Crippen molar-refractivity contribution in [2.45, 2.75) is 50.7 Å². The van der Waals surface area contributed by atoms with Gasteiger partial charge in [-0.05, 0) is 48.2 Å². The van der Waals surface area contributed by atoms with Crippen molar-refractivity contribution in [1.29, 1.82) is 0 Å². The van der Waals surface area contributed by atoms with E-state index in [1.165, 1.54) is 0 Å². The summed E-state index contributed by atoms with van der Waals surface area (Å²) in [7, 11) is 0. The van der Waals surface area contributed by atoms with Crippen LogP contribution in [0.5, 0.6) is 5.75 Å². The first-order valence-corrected chi connectivity index (χ1v) is 12.9. The maximum Gasteiger partial charge on any atom is 0.261 e. The van der Waals surface area contributed by atoms with Crippen LogP contribution in [0, 0.1) is 0 Å². The molecule has 0 unspecified atom stereocenters. The fourth-order valence-corrected chi connectivity index (χ4v) is 4.72. The molecular formula is C29H31BrN2O3. The smallest absolute Gasteiger partial charge is 0.261 e. The van der Waals surface area contributed by atoms with Crippen molar-refractivity contribution < 1.29 is 14.3 Å². The van der Waals surface area contributed by atoms with Crippen molar-refractivity contribution in [3.63, 3.8) is 0 Å². The number of benzene rings is 3. The zero-order chi connectivity index (χ0) is 24.5. The number of rotatable bonds is 10. The van der Waals surface area contributed by atoms with Crippen molar-refractivity contribution in [2.75, 3.05) is 6.61 Å². The highest BCUT2D eigenvalue weighted by molar-refractivity contribution is 9.10. The molecule has 3 aromatic carbocycles. The highest BCUT2D eigenvalue weighted by Gasteiger charge is 2.32. The molecule has 6 heteroatoms. The molecule has 0 spiro atoms. The number of amides is 2. The van der Waals surface area contributed by atoms with Crippen molar-refractivity contribution in [3.05, 3.63) is 101 Å². The van der Waals surface area contributed by atoms with Gasteiger partial charge in [-0.3, -0.25) is 9.59 Å². The van der Waals surface area contributed by atoms with Gasteiger partial charge in [-0.15, -0.1) is 0 Å². The van der Waals surface area contributed by atoms with Gasteiger partial charge in [0.05, 0.1) is 0 Å². The Labute approximate surface area is 215 Å². The molecule has 35 heavy (non-hydrogen) atoms. The second-order valence-electron chi connectivity index (χ2n) is 8.95. The minimum absolute atomic E-state index is 0.103. The summed E-state index contributed by atoms with van der Waals surface area (Å²) in [6.45, 7) is 0.190. The van der Waals surface area contributed by atoms with Crippen LogP contribution < -0.4 is 10.1 Å². The van der Waals surface area contributed by atoms with E-state index in [9.17, 15) is 9.59 Å². The summed E-state index contributed by atoms with van der Waals surface area (Å²) >= 11 is 3.41. The Bertz CT molecular complexity index is 1080.